The molecule has 2 aromatic rings. The van der Waals surface area contributed by atoms with Gasteiger partial charge in [-0.05, 0) is 57.2 Å². The van der Waals surface area contributed by atoms with Crippen molar-refractivity contribution in [1.29, 1.82) is 0 Å². The van der Waals surface area contributed by atoms with Crippen LogP contribution in [0, 0.1) is 6.92 Å². The first kappa shape index (κ1) is 21.1. The van der Waals surface area contributed by atoms with Gasteiger partial charge in [-0.3, -0.25) is 4.90 Å². The number of hydrogen-bond donors (Lipinski definition) is 2. The highest BCUT2D eigenvalue weighted by Crippen LogP contribution is 2.40. The Morgan fingerprint density at radius 1 is 0.900 bits per heavy atom. The number of benzene rings is 1. The SMILES string of the molecule is Cc1nnc(-c2cc(C(C)C)c(O)cc2O)n1C1CCC(N2CCN(C)CC2)CC1. The summed E-state index contributed by atoms with van der Waals surface area (Å²) in [6, 6.07) is 4.31. The number of nitrogens with zero attached hydrogens (tertiary/aromatic N) is 5. The maximum atomic E-state index is 10.6. The molecular weight excluding hydrogens is 378 g/mol. The van der Waals surface area contributed by atoms with Crippen molar-refractivity contribution in [2.45, 2.75) is 64.5 Å². The molecule has 2 aliphatic rings. The van der Waals surface area contributed by atoms with Gasteiger partial charge in [0.2, 0.25) is 0 Å². The molecule has 0 bridgehead atoms. The molecule has 1 aromatic carbocycles. The normalized spacial score (nSPS) is 23.9. The van der Waals surface area contributed by atoms with Gasteiger partial charge >= 0.3 is 0 Å². The van der Waals surface area contributed by atoms with Gasteiger partial charge in [0.25, 0.3) is 0 Å². The summed E-state index contributed by atoms with van der Waals surface area (Å²) in [7, 11) is 2.20. The van der Waals surface area contributed by atoms with Gasteiger partial charge in [-0.15, -0.1) is 10.2 Å². The topological polar surface area (TPSA) is 77.7 Å². The zero-order valence-corrected chi connectivity index (χ0v) is 18.7. The molecule has 0 atom stereocenters. The third-order valence-corrected chi connectivity index (χ3v) is 6.96. The average molecular weight is 414 g/mol. The van der Waals surface area contributed by atoms with E-state index in [1.807, 2.05) is 26.8 Å². The van der Waals surface area contributed by atoms with Crippen LogP contribution in [0.1, 0.15) is 62.9 Å². The van der Waals surface area contributed by atoms with Crippen molar-refractivity contribution < 1.29 is 10.2 Å². The molecule has 7 nitrogen and oxygen atoms in total. The lowest BCUT2D eigenvalue weighted by atomic mass is 9.89. The molecule has 2 heterocycles. The highest BCUT2D eigenvalue weighted by Gasteiger charge is 2.31. The van der Waals surface area contributed by atoms with Crippen LogP contribution >= 0.6 is 0 Å². The Labute approximate surface area is 179 Å². The van der Waals surface area contributed by atoms with Crippen molar-refractivity contribution in [3.05, 3.63) is 23.5 Å². The van der Waals surface area contributed by atoms with E-state index in [4.69, 9.17) is 0 Å². The minimum Gasteiger partial charge on any atom is -0.508 e. The summed E-state index contributed by atoms with van der Waals surface area (Å²) in [5.74, 6) is 1.92. The maximum absolute atomic E-state index is 10.6. The van der Waals surface area contributed by atoms with Crippen molar-refractivity contribution >= 4 is 0 Å². The number of likely N-dealkylation sites (N-methyl/N-ethyl adjacent to an activating group) is 1. The summed E-state index contributed by atoms with van der Waals surface area (Å²) < 4.78 is 2.20. The zero-order chi connectivity index (χ0) is 21.4. The van der Waals surface area contributed by atoms with Crippen LogP contribution in [0.4, 0.5) is 0 Å². The van der Waals surface area contributed by atoms with E-state index in [1.54, 1.807) is 0 Å². The molecule has 1 aromatic heterocycles. The van der Waals surface area contributed by atoms with Crippen LogP contribution in [0.15, 0.2) is 12.1 Å². The van der Waals surface area contributed by atoms with Crippen molar-refractivity contribution in [1.82, 2.24) is 24.6 Å². The number of rotatable bonds is 4. The maximum Gasteiger partial charge on any atom is 0.167 e. The lowest BCUT2D eigenvalue weighted by Crippen LogP contribution is -2.49. The van der Waals surface area contributed by atoms with Gasteiger partial charge in [-0.1, -0.05) is 13.8 Å². The van der Waals surface area contributed by atoms with Gasteiger partial charge in [-0.25, -0.2) is 0 Å². The van der Waals surface area contributed by atoms with E-state index in [0.717, 1.165) is 37.3 Å². The summed E-state index contributed by atoms with van der Waals surface area (Å²) in [5.41, 5.74) is 1.46. The van der Waals surface area contributed by atoms with Crippen LogP contribution in [0.5, 0.6) is 11.5 Å². The molecule has 2 fully saturated rings. The van der Waals surface area contributed by atoms with E-state index in [2.05, 4.69) is 31.6 Å². The molecule has 0 spiro atoms. The third kappa shape index (κ3) is 4.05. The molecule has 1 aliphatic heterocycles. The van der Waals surface area contributed by atoms with Crippen LogP contribution in [-0.4, -0.2) is 74.0 Å². The highest BCUT2D eigenvalue weighted by molar-refractivity contribution is 5.68. The smallest absolute Gasteiger partial charge is 0.167 e. The lowest BCUT2D eigenvalue weighted by molar-refractivity contribution is 0.0823. The van der Waals surface area contributed by atoms with E-state index in [9.17, 15) is 10.2 Å². The Kier molecular flexibility index (Phi) is 6.02. The second kappa shape index (κ2) is 8.55. The number of aromatic hydroxyl groups is 2. The van der Waals surface area contributed by atoms with Crippen LogP contribution in [0.25, 0.3) is 11.4 Å². The lowest BCUT2D eigenvalue weighted by Gasteiger charge is -2.41. The third-order valence-electron chi connectivity index (χ3n) is 6.96. The van der Waals surface area contributed by atoms with Crippen molar-refractivity contribution in [2.75, 3.05) is 33.2 Å². The summed E-state index contributed by atoms with van der Waals surface area (Å²) >= 11 is 0. The molecule has 0 amide bonds. The quantitative estimate of drug-likeness (QED) is 0.799. The molecule has 1 saturated heterocycles. The molecule has 4 rings (SSSR count). The molecule has 30 heavy (non-hydrogen) atoms. The second-order valence-electron chi connectivity index (χ2n) is 9.33. The molecule has 2 N–H and O–H groups in total. The van der Waals surface area contributed by atoms with Crippen molar-refractivity contribution in [3.8, 4) is 22.9 Å². The van der Waals surface area contributed by atoms with Gasteiger partial charge in [0.05, 0.1) is 5.56 Å². The minimum atomic E-state index is 0.0525. The first-order chi connectivity index (χ1) is 14.3. The molecule has 7 heteroatoms. The number of phenols is 2. The Morgan fingerprint density at radius 2 is 1.53 bits per heavy atom. The fraction of sp³-hybridized carbons (Fsp3) is 0.652. The fourth-order valence-electron chi connectivity index (χ4n) is 5.09. The number of aromatic nitrogens is 3. The van der Waals surface area contributed by atoms with Gasteiger partial charge < -0.3 is 19.7 Å². The van der Waals surface area contributed by atoms with Gasteiger partial charge in [0.1, 0.15) is 17.3 Å². The van der Waals surface area contributed by atoms with E-state index in [0.29, 0.717) is 23.5 Å². The first-order valence-electron chi connectivity index (χ1n) is 11.3. The van der Waals surface area contributed by atoms with E-state index >= 15 is 0 Å². The fourth-order valence-corrected chi connectivity index (χ4v) is 5.09. The van der Waals surface area contributed by atoms with E-state index < -0.39 is 0 Å². The van der Waals surface area contributed by atoms with Crippen molar-refractivity contribution in [3.63, 3.8) is 0 Å². The van der Waals surface area contributed by atoms with Gasteiger partial charge in [0, 0.05) is 44.3 Å². The molecule has 0 radical (unpaired) electrons. The summed E-state index contributed by atoms with van der Waals surface area (Å²) in [5, 5.41) is 29.6. The largest absolute Gasteiger partial charge is 0.508 e. The standard InChI is InChI=1S/C23H35N5O2/c1-15(2)19-13-20(22(30)14-21(19)29)23-25-24-16(3)28(23)18-7-5-17(6-8-18)27-11-9-26(4)10-12-27/h13-15,17-18,29-30H,5-12H2,1-4H3. The van der Waals surface area contributed by atoms with Crippen LogP contribution in [0.3, 0.4) is 0 Å². The summed E-state index contributed by atoms with van der Waals surface area (Å²) in [4.78, 5) is 5.07. The first-order valence-corrected chi connectivity index (χ1v) is 11.3. The highest BCUT2D eigenvalue weighted by atomic mass is 16.3. The van der Waals surface area contributed by atoms with Gasteiger partial charge in [0.15, 0.2) is 5.82 Å². The number of hydrogen-bond acceptors (Lipinski definition) is 6. The number of aryl methyl sites for hydroxylation is 1. The van der Waals surface area contributed by atoms with Crippen molar-refractivity contribution in [2.24, 2.45) is 0 Å². The molecule has 0 unspecified atom stereocenters. The van der Waals surface area contributed by atoms with Crippen LogP contribution in [-0.2, 0) is 0 Å². The predicted octanol–water partition coefficient (Wildman–Crippen LogP) is 3.52. The minimum absolute atomic E-state index is 0.0525. The van der Waals surface area contributed by atoms with Crippen LogP contribution < -0.4 is 0 Å². The Balaban J connectivity index is 1.55. The Morgan fingerprint density at radius 3 is 2.17 bits per heavy atom. The average Bonchev–Trinajstić information content (AvgIpc) is 3.09. The number of phenolic OH excluding ortho intramolecular Hbond substituents is 2. The Hall–Kier alpha value is -2.12. The zero-order valence-electron chi connectivity index (χ0n) is 18.7. The molecular formula is C23H35N5O2. The monoisotopic (exact) mass is 413 g/mol. The number of piperazine rings is 1. The summed E-state index contributed by atoms with van der Waals surface area (Å²) in [6.45, 7) is 10.7. The predicted molar refractivity (Wildman–Crippen MR) is 118 cm³/mol. The second-order valence-corrected chi connectivity index (χ2v) is 9.33. The molecule has 1 saturated carbocycles. The van der Waals surface area contributed by atoms with Crippen LogP contribution in [0.2, 0.25) is 0 Å². The van der Waals surface area contributed by atoms with E-state index in [1.165, 1.54) is 32.0 Å². The molecule has 1 aliphatic carbocycles. The molecule has 164 valence electrons. The van der Waals surface area contributed by atoms with E-state index in [-0.39, 0.29) is 17.4 Å². The summed E-state index contributed by atoms with van der Waals surface area (Å²) in [6.07, 6.45) is 4.56. The van der Waals surface area contributed by atoms with Gasteiger partial charge in [-0.2, -0.15) is 0 Å². The Bertz CT molecular complexity index is 878.